The molecule has 0 saturated carbocycles. The third kappa shape index (κ3) is 11.9. The molecule has 2 atom stereocenters. The topological polar surface area (TPSA) is 59.1 Å². The molecule has 0 radical (unpaired) electrons. The zero-order chi connectivity index (χ0) is 24.6. The van der Waals surface area contributed by atoms with Crippen LogP contribution in [-0.4, -0.2) is 152 Å². The van der Waals surface area contributed by atoms with E-state index in [9.17, 15) is 0 Å². The third-order valence-electron chi connectivity index (χ3n) is 6.49. The summed E-state index contributed by atoms with van der Waals surface area (Å²) in [7, 11) is 4.29. The molecule has 2 aliphatic heterocycles. The van der Waals surface area contributed by atoms with E-state index in [1.54, 1.807) is 0 Å². The van der Waals surface area contributed by atoms with Gasteiger partial charge in [-0.1, -0.05) is 12.1 Å². The molecule has 0 spiro atoms. The van der Waals surface area contributed by atoms with Gasteiger partial charge in [-0.05, 0) is 26.2 Å². The van der Waals surface area contributed by atoms with E-state index in [0.717, 1.165) is 90.2 Å². The molecule has 2 bridgehead atoms. The van der Waals surface area contributed by atoms with Gasteiger partial charge in [0.2, 0.25) is 0 Å². The van der Waals surface area contributed by atoms with E-state index in [0.29, 0.717) is 39.6 Å². The molecule has 1 aromatic rings. The van der Waals surface area contributed by atoms with Crippen LogP contribution in [0.2, 0.25) is 0 Å². The molecule has 2 unspecified atom stereocenters. The Morgan fingerprint density at radius 2 is 0.857 bits per heavy atom. The lowest BCUT2D eigenvalue weighted by Gasteiger charge is -2.26. The highest BCUT2D eigenvalue weighted by Gasteiger charge is 2.12. The predicted molar refractivity (Wildman–Crippen MR) is 138 cm³/mol. The molecule has 2 heterocycles. The normalized spacial score (nSPS) is 26.7. The lowest BCUT2D eigenvalue weighted by molar-refractivity contribution is 0.0310. The van der Waals surface area contributed by atoms with Crippen LogP contribution in [0.1, 0.15) is 0 Å². The molecule has 3 rings (SSSR count). The Hall–Kier alpha value is -1.46. The second-order valence-corrected chi connectivity index (χ2v) is 9.27. The van der Waals surface area contributed by atoms with Gasteiger partial charge in [0.15, 0.2) is 11.5 Å². The van der Waals surface area contributed by atoms with E-state index in [4.69, 9.17) is 23.7 Å². The van der Waals surface area contributed by atoms with Gasteiger partial charge in [0.1, 0.15) is 13.2 Å². The number of rotatable bonds is 0. The van der Waals surface area contributed by atoms with Crippen LogP contribution in [0, 0.1) is 0 Å². The highest BCUT2D eigenvalue weighted by Crippen LogP contribution is 2.26. The fourth-order valence-electron chi connectivity index (χ4n) is 4.03. The van der Waals surface area contributed by atoms with Gasteiger partial charge in [-0.25, -0.2) is 0 Å². The van der Waals surface area contributed by atoms with Gasteiger partial charge in [-0.15, -0.1) is 0 Å². The van der Waals surface area contributed by atoms with Crippen molar-refractivity contribution in [3.63, 3.8) is 0 Å². The SMILES string of the molecule is CN1CCOc2ccccc2OCCN(C)CCN2CCOCCOCCN(CCOCC2)CC1. The number of benzene rings is 1. The van der Waals surface area contributed by atoms with Crippen LogP contribution in [0.3, 0.4) is 0 Å². The quantitative estimate of drug-likeness (QED) is 0.492. The number of para-hydroxylation sites is 2. The van der Waals surface area contributed by atoms with Gasteiger partial charge >= 0.3 is 0 Å². The first-order valence-electron chi connectivity index (χ1n) is 13.1. The molecule has 200 valence electrons. The standard InChI is InChI=1S/C26H46N4O5/c1-27-7-9-29-13-17-31-18-14-30(16-20-33-24-23-32-19-15-29)10-8-28(2)12-22-35-26-6-4-3-5-25(26)34-21-11-27/h3-6H,7-24H2,1-2H3. The van der Waals surface area contributed by atoms with Crippen molar-refractivity contribution in [2.45, 2.75) is 0 Å². The van der Waals surface area contributed by atoms with Gasteiger partial charge in [0, 0.05) is 65.4 Å². The van der Waals surface area contributed by atoms with Gasteiger partial charge in [0.05, 0.1) is 39.6 Å². The monoisotopic (exact) mass is 494 g/mol. The average Bonchev–Trinajstić information content (AvgIpc) is 2.86. The predicted octanol–water partition coefficient (Wildman–Crippen LogP) is 0.989. The molecule has 1 saturated heterocycles. The molecule has 0 amide bonds. The van der Waals surface area contributed by atoms with Crippen molar-refractivity contribution >= 4 is 0 Å². The number of ether oxygens (including phenoxy) is 5. The fraction of sp³-hybridized carbons (Fsp3) is 0.769. The molecular formula is C26H46N4O5. The van der Waals surface area contributed by atoms with E-state index >= 15 is 0 Å². The van der Waals surface area contributed by atoms with Crippen molar-refractivity contribution in [2.24, 2.45) is 0 Å². The molecule has 0 aromatic heterocycles. The van der Waals surface area contributed by atoms with Crippen molar-refractivity contribution in [3.8, 4) is 11.5 Å². The largest absolute Gasteiger partial charge is 0.488 e. The average molecular weight is 495 g/mol. The summed E-state index contributed by atoms with van der Waals surface area (Å²) in [5, 5.41) is 0. The van der Waals surface area contributed by atoms with E-state index in [1.165, 1.54) is 0 Å². The first kappa shape index (κ1) is 28.1. The molecule has 9 heteroatoms. The molecule has 0 aliphatic carbocycles. The molecule has 9 nitrogen and oxygen atoms in total. The fourth-order valence-corrected chi connectivity index (χ4v) is 4.03. The molecule has 2 aliphatic rings. The molecule has 1 aromatic carbocycles. The Morgan fingerprint density at radius 1 is 0.457 bits per heavy atom. The molecule has 0 N–H and O–H groups in total. The smallest absolute Gasteiger partial charge is 0.161 e. The van der Waals surface area contributed by atoms with Crippen molar-refractivity contribution in [3.05, 3.63) is 24.3 Å². The lowest BCUT2D eigenvalue weighted by atomic mass is 10.3. The Balaban J connectivity index is 1.63. The molecular weight excluding hydrogens is 448 g/mol. The van der Waals surface area contributed by atoms with Gasteiger partial charge in [0.25, 0.3) is 0 Å². The maximum Gasteiger partial charge on any atom is 0.161 e. The Bertz CT molecular complexity index is 628. The van der Waals surface area contributed by atoms with E-state index < -0.39 is 0 Å². The number of hydrogen-bond acceptors (Lipinski definition) is 9. The van der Waals surface area contributed by atoms with Gasteiger partial charge < -0.3 is 33.5 Å². The summed E-state index contributed by atoms with van der Waals surface area (Å²) < 4.78 is 29.8. The summed E-state index contributed by atoms with van der Waals surface area (Å²) in [4.78, 5) is 9.47. The Labute approximate surface area is 211 Å². The number of likely N-dealkylation sites (N-methyl/N-ethyl adjacent to an activating group) is 2. The van der Waals surface area contributed by atoms with E-state index in [-0.39, 0.29) is 0 Å². The molecule has 1 fully saturated rings. The maximum atomic E-state index is 6.08. The van der Waals surface area contributed by atoms with Crippen LogP contribution in [0.25, 0.3) is 0 Å². The van der Waals surface area contributed by atoms with E-state index in [1.807, 2.05) is 24.3 Å². The van der Waals surface area contributed by atoms with Crippen LogP contribution in [0.4, 0.5) is 0 Å². The number of fused-ring (bicyclic) bond motifs is 7. The number of nitrogens with zero attached hydrogens (tertiary/aromatic N) is 4. The summed E-state index contributed by atoms with van der Waals surface area (Å²) in [6.45, 7) is 14.6. The molecule has 35 heavy (non-hydrogen) atoms. The minimum Gasteiger partial charge on any atom is -0.488 e. The zero-order valence-electron chi connectivity index (χ0n) is 21.9. The highest BCUT2D eigenvalue weighted by molar-refractivity contribution is 5.39. The Kier molecular flexibility index (Phi) is 13.7. The minimum absolute atomic E-state index is 0.624. The van der Waals surface area contributed by atoms with Crippen LogP contribution >= 0.6 is 0 Å². The summed E-state index contributed by atoms with van der Waals surface area (Å²) in [5.41, 5.74) is 0. The van der Waals surface area contributed by atoms with Gasteiger partial charge in [-0.2, -0.15) is 0 Å². The van der Waals surface area contributed by atoms with Gasteiger partial charge in [-0.3, -0.25) is 9.80 Å². The maximum absolute atomic E-state index is 6.08. The third-order valence-corrected chi connectivity index (χ3v) is 6.49. The summed E-state index contributed by atoms with van der Waals surface area (Å²) >= 11 is 0. The van der Waals surface area contributed by atoms with Crippen molar-refractivity contribution in [1.82, 2.24) is 19.6 Å². The van der Waals surface area contributed by atoms with Crippen molar-refractivity contribution in [2.75, 3.05) is 132 Å². The van der Waals surface area contributed by atoms with Crippen LogP contribution in [0.5, 0.6) is 11.5 Å². The van der Waals surface area contributed by atoms with Crippen molar-refractivity contribution < 1.29 is 23.7 Å². The minimum atomic E-state index is 0.624. The summed E-state index contributed by atoms with van der Waals surface area (Å²) in [6, 6.07) is 7.96. The van der Waals surface area contributed by atoms with Crippen molar-refractivity contribution in [1.29, 1.82) is 0 Å². The first-order valence-corrected chi connectivity index (χ1v) is 13.1. The lowest BCUT2D eigenvalue weighted by Crippen LogP contribution is -2.39. The highest BCUT2D eigenvalue weighted by atomic mass is 16.5. The zero-order valence-corrected chi connectivity index (χ0v) is 21.9. The number of hydrogen-bond donors (Lipinski definition) is 0. The summed E-state index contributed by atoms with van der Waals surface area (Å²) in [6.07, 6.45) is 0. The first-order chi connectivity index (χ1) is 17.2. The second kappa shape index (κ2) is 17.1. The van der Waals surface area contributed by atoms with Crippen LogP contribution < -0.4 is 9.47 Å². The van der Waals surface area contributed by atoms with Crippen LogP contribution in [-0.2, 0) is 14.2 Å². The van der Waals surface area contributed by atoms with E-state index in [2.05, 4.69) is 33.7 Å². The van der Waals surface area contributed by atoms with Crippen LogP contribution in [0.15, 0.2) is 24.3 Å². The Morgan fingerprint density at radius 3 is 1.29 bits per heavy atom. The second-order valence-electron chi connectivity index (χ2n) is 9.27. The summed E-state index contributed by atoms with van der Waals surface area (Å²) in [5.74, 6) is 1.62.